The van der Waals surface area contributed by atoms with E-state index in [2.05, 4.69) is 16.2 Å². The lowest BCUT2D eigenvalue weighted by molar-refractivity contribution is 0.352. The quantitative estimate of drug-likeness (QED) is 0.754. The number of benzene rings is 1. The standard InChI is InChI=1S/C17H22FN3O3/c1-10-4-5-14(24-10)17-11(9-20-21-17)8-19-13-7-16(23-3)15(22-2)6-12(13)18/h4-7,11,17,19-21H,8-9H2,1-3H3. The van der Waals surface area contributed by atoms with Crippen molar-refractivity contribution in [2.24, 2.45) is 5.92 Å². The van der Waals surface area contributed by atoms with Crippen molar-refractivity contribution in [3.05, 3.63) is 41.6 Å². The van der Waals surface area contributed by atoms with Gasteiger partial charge in [0, 0.05) is 31.1 Å². The Morgan fingerprint density at radius 3 is 2.67 bits per heavy atom. The zero-order valence-corrected chi connectivity index (χ0v) is 14.0. The third-order valence-electron chi connectivity index (χ3n) is 4.19. The number of ether oxygens (including phenoxy) is 2. The molecule has 1 aliphatic heterocycles. The van der Waals surface area contributed by atoms with E-state index in [4.69, 9.17) is 13.9 Å². The van der Waals surface area contributed by atoms with Gasteiger partial charge in [-0.2, -0.15) is 0 Å². The van der Waals surface area contributed by atoms with E-state index in [1.165, 1.54) is 20.3 Å². The predicted molar refractivity (Wildman–Crippen MR) is 88.8 cm³/mol. The van der Waals surface area contributed by atoms with Crippen LogP contribution in [0.3, 0.4) is 0 Å². The molecule has 0 bridgehead atoms. The first-order valence-corrected chi connectivity index (χ1v) is 7.82. The number of hydrogen-bond acceptors (Lipinski definition) is 6. The minimum absolute atomic E-state index is 0.0365. The van der Waals surface area contributed by atoms with E-state index in [9.17, 15) is 4.39 Å². The number of halogens is 1. The second-order valence-electron chi connectivity index (χ2n) is 5.78. The molecule has 2 heterocycles. The van der Waals surface area contributed by atoms with Crippen molar-refractivity contribution in [1.29, 1.82) is 0 Å². The second kappa shape index (κ2) is 7.11. The van der Waals surface area contributed by atoms with Gasteiger partial charge in [-0.15, -0.1) is 0 Å². The predicted octanol–water partition coefficient (Wildman–Crippen LogP) is 2.62. The van der Waals surface area contributed by atoms with Gasteiger partial charge in [0.1, 0.15) is 17.3 Å². The number of hydrogen-bond donors (Lipinski definition) is 3. The third-order valence-corrected chi connectivity index (χ3v) is 4.19. The minimum atomic E-state index is -0.378. The molecule has 0 radical (unpaired) electrons. The third kappa shape index (κ3) is 3.32. The van der Waals surface area contributed by atoms with Gasteiger partial charge in [0.05, 0.1) is 25.9 Å². The highest BCUT2D eigenvalue weighted by molar-refractivity contribution is 5.56. The summed E-state index contributed by atoms with van der Waals surface area (Å²) in [6.07, 6.45) is 0. The Morgan fingerprint density at radius 1 is 1.25 bits per heavy atom. The zero-order chi connectivity index (χ0) is 17.1. The molecule has 2 unspecified atom stereocenters. The van der Waals surface area contributed by atoms with Crippen LogP contribution in [0, 0.1) is 18.7 Å². The zero-order valence-electron chi connectivity index (χ0n) is 14.0. The molecule has 2 aromatic rings. The summed E-state index contributed by atoms with van der Waals surface area (Å²) in [5, 5.41) is 3.16. The Labute approximate surface area is 140 Å². The summed E-state index contributed by atoms with van der Waals surface area (Å²) in [5.74, 6) is 2.43. The van der Waals surface area contributed by atoms with Crippen LogP contribution in [0.5, 0.6) is 11.5 Å². The lowest BCUT2D eigenvalue weighted by Crippen LogP contribution is -2.25. The van der Waals surface area contributed by atoms with Crippen LogP contribution in [-0.2, 0) is 0 Å². The van der Waals surface area contributed by atoms with Crippen molar-refractivity contribution in [2.75, 3.05) is 32.6 Å². The van der Waals surface area contributed by atoms with E-state index in [1.54, 1.807) is 6.07 Å². The van der Waals surface area contributed by atoms with E-state index in [1.807, 2.05) is 19.1 Å². The van der Waals surface area contributed by atoms with Crippen molar-refractivity contribution in [1.82, 2.24) is 10.9 Å². The molecule has 6 nitrogen and oxygen atoms in total. The number of nitrogens with one attached hydrogen (secondary N) is 3. The molecule has 1 aromatic carbocycles. The molecule has 0 amide bonds. The lowest BCUT2D eigenvalue weighted by Gasteiger charge is -2.18. The van der Waals surface area contributed by atoms with Gasteiger partial charge in [-0.1, -0.05) is 0 Å². The topological polar surface area (TPSA) is 67.7 Å². The molecule has 1 aromatic heterocycles. The Balaban J connectivity index is 1.71. The lowest BCUT2D eigenvalue weighted by atomic mass is 10.00. The number of hydrazine groups is 1. The van der Waals surface area contributed by atoms with Gasteiger partial charge in [-0.25, -0.2) is 9.82 Å². The maximum atomic E-state index is 14.2. The van der Waals surface area contributed by atoms with Gasteiger partial charge < -0.3 is 19.2 Å². The van der Waals surface area contributed by atoms with Gasteiger partial charge >= 0.3 is 0 Å². The fraction of sp³-hybridized carbons (Fsp3) is 0.412. The van der Waals surface area contributed by atoms with E-state index < -0.39 is 0 Å². The van der Waals surface area contributed by atoms with Crippen molar-refractivity contribution >= 4 is 5.69 Å². The number of anilines is 1. The largest absolute Gasteiger partial charge is 0.493 e. The van der Waals surface area contributed by atoms with Crippen LogP contribution < -0.4 is 25.6 Å². The highest BCUT2D eigenvalue weighted by atomic mass is 19.1. The highest BCUT2D eigenvalue weighted by Crippen LogP contribution is 2.33. The molecule has 130 valence electrons. The number of aryl methyl sites for hydroxylation is 1. The Morgan fingerprint density at radius 2 is 2.00 bits per heavy atom. The molecule has 1 saturated heterocycles. The normalized spacial score (nSPS) is 20.2. The van der Waals surface area contributed by atoms with Gasteiger partial charge in [0.2, 0.25) is 0 Å². The minimum Gasteiger partial charge on any atom is -0.493 e. The smallest absolute Gasteiger partial charge is 0.163 e. The van der Waals surface area contributed by atoms with Gasteiger partial charge in [0.25, 0.3) is 0 Å². The monoisotopic (exact) mass is 335 g/mol. The first kappa shape index (κ1) is 16.6. The van der Waals surface area contributed by atoms with E-state index >= 15 is 0 Å². The summed E-state index contributed by atoms with van der Waals surface area (Å²) in [6, 6.07) is 6.86. The SMILES string of the molecule is COc1cc(F)c(NCC2CNNC2c2ccc(C)o2)cc1OC. The average Bonchev–Trinajstić information content (AvgIpc) is 3.21. The molecular weight excluding hydrogens is 313 g/mol. The molecule has 0 saturated carbocycles. The maximum Gasteiger partial charge on any atom is 0.163 e. The molecule has 0 spiro atoms. The van der Waals surface area contributed by atoms with Crippen LogP contribution >= 0.6 is 0 Å². The first-order valence-electron chi connectivity index (χ1n) is 7.82. The molecule has 3 rings (SSSR count). The molecule has 0 aliphatic carbocycles. The Bertz CT molecular complexity index is 704. The van der Waals surface area contributed by atoms with Crippen molar-refractivity contribution < 1.29 is 18.3 Å². The van der Waals surface area contributed by atoms with Crippen LogP contribution in [0.4, 0.5) is 10.1 Å². The fourth-order valence-electron chi connectivity index (χ4n) is 2.88. The second-order valence-corrected chi connectivity index (χ2v) is 5.78. The highest BCUT2D eigenvalue weighted by Gasteiger charge is 2.30. The number of furan rings is 1. The summed E-state index contributed by atoms with van der Waals surface area (Å²) in [4.78, 5) is 0. The van der Waals surface area contributed by atoms with Gasteiger partial charge in [-0.3, -0.25) is 5.43 Å². The van der Waals surface area contributed by atoms with E-state index in [0.29, 0.717) is 23.7 Å². The van der Waals surface area contributed by atoms with E-state index in [0.717, 1.165) is 18.1 Å². The van der Waals surface area contributed by atoms with Crippen molar-refractivity contribution in [3.63, 3.8) is 0 Å². The molecule has 1 aliphatic rings. The molecule has 24 heavy (non-hydrogen) atoms. The summed E-state index contributed by atoms with van der Waals surface area (Å²) in [6.45, 7) is 3.25. The van der Waals surface area contributed by atoms with Crippen LogP contribution in [0.15, 0.2) is 28.7 Å². The van der Waals surface area contributed by atoms with Crippen LogP contribution in [-0.4, -0.2) is 27.3 Å². The summed E-state index contributed by atoms with van der Waals surface area (Å²) >= 11 is 0. The summed E-state index contributed by atoms with van der Waals surface area (Å²) in [5.41, 5.74) is 6.72. The Kier molecular flexibility index (Phi) is 4.92. The van der Waals surface area contributed by atoms with Crippen molar-refractivity contribution in [3.8, 4) is 11.5 Å². The summed E-state index contributed by atoms with van der Waals surface area (Å²) in [7, 11) is 3.01. The maximum absolute atomic E-state index is 14.2. The Hall–Kier alpha value is -2.25. The average molecular weight is 335 g/mol. The molecule has 7 heteroatoms. The van der Waals surface area contributed by atoms with Crippen molar-refractivity contribution in [2.45, 2.75) is 13.0 Å². The molecular formula is C17H22FN3O3. The van der Waals surface area contributed by atoms with Crippen LogP contribution in [0.1, 0.15) is 17.6 Å². The fourth-order valence-corrected chi connectivity index (χ4v) is 2.88. The first-order chi connectivity index (χ1) is 11.6. The van der Waals surface area contributed by atoms with Crippen LogP contribution in [0.25, 0.3) is 0 Å². The number of methoxy groups -OCH3 is 2. The van der Waals surface area contributed by atoms with Crippen LogP contribution in [0.2, 0.25) is 0 Å². The van der Waals surface area contributed by atoms with Gasteiger partial charge in [-0.05, 0) is 19.1 Å². The molecule has 3 N–H and O–H groups in total. The van der Waals surface area contributed by atoms with Gasteiger partial charge in [0.15, 0.2) is 11.5 Å². The van der Waals surface area contributed by atoms with E-state index in [-0.39, 0.29) is 17.8 Å². The summed E-state index contributed by atoms with van der Waals surface area (Å²) < 4.78 is 30.2. The molecule has 1 fully saturated rings. The molecule has 2 atom stereocenters. The number of rotatable bonds is 6.